The van der Waals surface area contributed by atoms with Gasteiger partial charge in [0.15, 0.2) is 23.2 Å². The van der Waals surface area contributed by atoms with Crippen LogP contribution in [0.4, 0.5) is 17.6 Å². The van der Waals surface area contributed by atoms with Crippen LogP contribution in [0.2, 0.25) is 0 Å². The first kappa shape index (κ1) is 33.2. The highest BCUT2D eigenvalue weighted by atomic mass is 19.2. The molecule has 1 N–H and O–H groups in total. The molecule has 0 amide bonds. The van der Waals surface area contributed by atoms with Crippen LogP contribution in [0, 0.1) is 41.0 Å². The summed E-state index contributed by atoms with van der Waals surface area (Å²) in [5.74, 6) is -1.33. The summed E-state index contributed by atoms with van der Waals surface area (Å²) in [6.07, 6.45) is 12.3. The number of rotatable bonds is 11. The molecule has 0 spiro atoms. The highest BCUT2D eigenvalue weighted by Gasteiger charge is 2.34. The summed E-state index contributed by atoms with van der Waals surface area (Å²) in [6, 6.07) is 6.50. The first-order valence-electron chi connectivity index (χ1n) is 17.2. The maximum absolute atomic E-state index is 14.9. The van der Waals surface area contributed by atoms with Crippen LogP contribution in [0.25, 0.3) is 0 Å². The van der Waals surface area contributed by atoms with E-state index in [4.69, 9.17) is 9.47 Å². The Kier molecular flexibility index (Phi) is 11.7. The van der Waals surface area contributed by atoms with Gasteiger partial charge in [-0.15, -0.1) is 0 Å². The molecule has 0 aliphatic heterocycles. The average Bonchev–Trinajstić information content (AvgIpc) is 3.04. The van der Waals surface area contributed by atoms with Gasteiger partial charge in [0, 0.05) is 12.2 Å². The molecule has 3 fully saturated rings. The van der Waals surface area contributed by atoms with Crippen LogP contribution in [0.15, 0.2) is 24.3 Å². The van der Waals surface area contributed by atoms with Crippen molar-refractivity contribution in [2.24, 2.45) is 17.8 Å². The first-order chi connectivity index (χ1) is 21.3. The summed E-state index contributed by atoms with van der Waals surface area (Å²) in [5.41, 5.74) is 0.984. The predicted octanol–water partition coefficient (Wildman–Crippen LogP) is 10.3. The number of ether oxygens (including phenoxy) is 2. The minimum absolute atomic E-state index is 0.00603. The van der Waals surface area contributed by atoms with Crippen LogP contribution >= 0.6 is 0 Å². The van der Waals surface area contributed by atoms with Gasteiger partial charge in [-0.25, -0.2) is 13.2 Å². The summed E-state index contributed by atoms with van der Waals surface area (Å²) in [7, 11) is 0. The third kappa shape index (κ3) is 7.63. The summed E-state index contributed by atoms with van der Waals surface area (Å²) in [4.78, 5) is 0. The summed E-state index contributed by atoms with van der Waals surface area (Å²) in [6.45, 7) is 4.75. The fourth-order valence-electron chi connectivity index (χ4n) is 8.25. The van der Waals surface area contributed by atoms with E-state index in [1.165, 1.54) is 25.7 Å². The first-order valence-corrected chi connectivity index (χ1v) is 17.2. The zero-order valence-electron chi connectivity index (χ0n) is 26.4. The zero-order valence-corrected chi connectivity index (χ0v) is 26.4. The van der Waals surface area contributed by atoms with E-state index >= 15 is 0 Å². The van der Waals surface area contributed by atoms with Gasteiger partial charge in [0.25, 0.3) is 0 Å². The Morgan fingerprint density at radius 1 is 0.682 bits per heavy atom. The van der Waals surface area contributed by atoms with Gasteiger partial charge in [-0.2, -0.15) is 4.39 Å². The number of benzene rings is 2. The third-order valence-corrected chi connectivity index (χ3v) is 10.9. The van der Waals surface area contributed by atoms with Crippen molar-refractivity contribution in [1.82, 2.24) is 0 Å². The Bertz CT molecular complexity index is 1210. The van der Waals surface area contributed by atoms with Gasteiger partial charge < -0.3 is 14.6 Å². The fourth-order valence-corrected chi connectivity index (χ4v) is 8.25. The smallest absolute Gasteiger partial charge is 0.200 e. The molecule has 2 aromatic rings. The number of hydrogen-bond acceptors (Lipinski definition) is 3. The van der Waals surface area contributed by atoms with Crippen molar-refractivity contribution >= 4 is 0 Å². The summed E-state index contributed by atoms with van der Waals surface area (Å²) in [5, 5.41) is 10.1. The van der Waals surface area contributed by atoms with Gasteiger partial charge >= 0.3 is 0 Å². The van der Waals surface area contributed by atoms with Crippen molar-refractivity contribution in [3.63, 3.8) is 0 Å². The minimum atomic E-state index is -0.967. The Hall–Kier alpha value is -2.12. The molecule has 1 atom stereocenters. The molecule has 7 heteroatoms. The molecule has 1 unspecified atom stereocenters. The molecular formula is C37H50F4O3. The van der Waals surface area contributed by atoms with Crippen LogP contribution in [0.1, 0.15) is 138 Å². The molecule has 2 aromatic carbocycles. The lowest BCUT2D eigenvalue weighted by molar-refractivity contribution is -0.00764. The predicted molar refractivity (Wildman–Crippen MR) is 165 cm³/mol. The van der Waals surface area contributed by atoms with E-state index in [2.05, 4.69) is 0 Å². The number of halogens is 4. The molecule has 3 aliphatic carbocycles. The second kappa shape index (κ2) is 15.4. The molecule has 0 aromatic heterocycles. The molecular weight excluding hydrogens is 568 g/mol. The van der Waals surface area contributed by atoms with Gasteiger partial charge in [0.05, 0.1) is 18.8 Å². The van der Waals surface area contributed by atoms with E-state index in [1.807, 2.05) is 6.92 Å². The van der Waals surface area contributed by atoms with Crippen LogP contribution in [-0.2, 0) is 4.74 Å². The molecule has 0 radical (unpaired) electrons. The third-order valence-electron chi connectivity index (χ3n) is 10.9. The van der Waals surface area contributed by atoms with E-state index in [0.717, 1.165) is 58.0 Å². The van der Waals surface area contributed by atoms with E-state index in [0.29, 0.717) is 48.3 Å². The topological polar surface area (TPSA) is 38.7 Å². The van der Waals surface area contributed by atoms with E-state index in [-0.39, 0.29) is 29.3 Å². The van der Waals surface area contributed by atoms with Crippen molar-refractivity contribution < 1.29 is 32.1 Å². The van der Waals surface area contributed by atoms with Crippen LogP contribution in [0.5, 0.6) is 5.75 Å². The number of aliphatic hydroxyl groups excluding tert-OH is 1. The molecule has 3 saturated carbocycles. The number of hydrogen-bond donors (Lipinski definition) is 1. The van der Waals surface area contributed by atoms with Gasteiger partial charge in [-0.3, -0.25) is 0 Å². The largest absolute Gasteiger partial charge is 0.491 e. The molecule has 3 aliphatic rings. The van der Waals surface area contributed by atoms with Crippen molar-refractivity contribution in [3.8, 4) is 5.75 Å². The van der Waals surface area contributed by atoms with Gasteiger partial charge in [0.2, 0.25) is 5.82 Å². The van der Waals surface area contributed by atoms with Crippen molar-refractivity contribution in [2.75, 3.05) is 13.2 Å². The molecule has 244 valence electrons. The van der Waals surface area contributed by atoms with Crippen LogP contribution < -0.4 is 4.74 Å². The molecule has 0 heterocycles. The highest BCUT2D eigenvalue weighted by Crippen LogP contribution is 2.45. The van der Waals surface area contributed by atoms with Crippen LogP contribution in [0.3, 0.4) is 0 Å². The average molecular weight is 619 g/mol. The lowest BCUT2D eigenvalue weighted by Crippen LogP contribution is -2.29. The molecule has 5 rings (SSSR count). The lowest BCUT2D eigenvalue weighted by atomic mass is 9.68. The second-order valence-electron chi connectivity index (χ2n) is 13.6. The quantitative estimate of drug-likeness (QED) is 0.255. The van der Waals surface area contributed by atoms with Gasteiger partial charge in [-0.1, -0.05) is 31.5 Å². The second-order valence-corrected chi connectivity index (χ2v) is 13.6. The van der Waals surface area contributed by atoms with E-state index in [9.17, 15) is 22.7 Å². The maximum atomic E-state index is 14.9. The Labute approximate surface area is 260 Å². The fraction of sp³-hybridized carbons (Fsp3) is 0.676. The van der Waals surface area contributed by atoms with Crippen molar-refractivity contribution in [1.29, 1.82) is 0 Å². The Morgan fingerprint density at radius 2 is 1.23 bits per heavy atom. The maximum Gasteiger partial charge on any atom is 0.200 e. The molecule has 0 bridgehead atoms. The Morgan fingerprint density at radius 3 is 1.82 bits per heavy atom. The zero-order chi connectivity index (χ0) is 31.2. The van der Waals surface area contributed by atoms with Crippen LogP contribution in [-0.4, -0.2) is 24.4 Å². The molecule has 44 heavy (non-hydrogen) atoms. The monoisotopic (exact) mass is 618 g/mol. The molecule has 0 saturated heterocycles. The lowest BCUT2D eigenvalue weighted by Gasteiger charge is -2.38. The van der Waals surface area contributed by atoms with Crippen molar-refractivity contribution in [3.05, 3.63) is 64.2 Å². The van der Waals surface area contributed by atoms with E-state index < -0.39 is 29.4 Å². The summed E-state index contributed by atoms with van der Waals surface area (Å²) >= 11 is 0. The van der Waals surface area contributed by atoms with E-state index in [1.54, 1.807) is 31.2 Å². The van der Waals surface area contributed by atoms with Gasteiger partial charge in [0.1, 0.15) is 0 Å². The molecule has 3 nitrogen and oxygen atoms in total. The number of aliphatic hydroxyl groups is 1. The highest BCUT2D eigenvalue weighted by molar-refractivity contribution is 5.33. The van der Waals surface area contributed by atoms with Crippen molar-refractivity contribution in [2.45, 2.75) is 128 Å². The Balaban J connectivity index is 1.02. The summed E-state index contributed by atoms with van der Waals surface area (Å²) < 4.78 is 70.3. The van der Waals surface area contributed by atoms with Gasteiger partial charge in [-0.05, 0) is 137 Å². The SMILES string of the molecule is CCCC(O)c1ccc(C2CCC(OCC3CCC(C4CCC(c5ccc(OCC)c(F)c5F)CC4)CC3)CC2)c(F)c1F. The normalized spacial score (nSPS) is 28.5. The minimum Gasteiger partial charge on any atom is -0.491 e. The standard InChI is InChI=1S/C37H50F4O3/c1-3-5-32(42)31-19-18-29(34(38)36(31)40)27-14-16-28(17-15-27)44-22-23-6-8-24(9-7-23)25-10-12-26(13-11-25)30-20-21-33(43-4-2)37(41)35(30)39/h18-21,23-28,32,42H,3-17,22H2,1-2H3.